The average Bonchev–Trinajstić information content (AvgIpc) is 3.22. The lowest BCUT2D eigenvalue weighted by molar-refractivity contribution is -0.117. The molecular weight excluding hydrogens is 328 g/mol. The van der Waals surface area contributed by atoms with E-state index in [0.717, 1.165) is 11.1 Å². The molecule has 0 radical (unpaired) electrons. The Bertz CT molecular complexity index is 886. The van der Waals surface area contributed by atoms with Gasteiger partial charge in [0.25, 0.3) is 11.8 Å². The minimum Gasteiger partial charge on any atom is -0.459 e. The number of carbonyl (C=O) groups excluding carboxylic acids is 2. The van der Waals surface area contributed by atoms with E-state index >= 15 is 0 Å². The van der Waals surface area contributed by atoms with E-state index in [1.165, 1.54) is 12.3 Å². The molecule has 0 aliphatic heterocycles. The van der Waals surface area contributed by atoms with Crippen molar-refractivity contribution in [2.45, 2.75) is 6.54 Å². The molecule has 2 aromatic carbocycles. The van der Waals surface area contributed by atoms with E-state index in [2.05, 4.69) is 10.6 Å². The van der Waals surface area contributed by atoms with Crippen molar-refractivity contribution in [1.29, 1.82) is 0 Å². The highest BCUT2D eigenvalue weighted by atomic mass is 16.3. The minimum atomic E-state index is -0.480. The van der Waals surface area contributed by atoms with E-state index in [-0.39, 0.29) is 17.4 Å². The van der Waals surface area contributed by atoms with Crippen LogP contribution in [0.3, 0.4) is 0 Å². The van der Waals surface area contributed by atoms with Gasteiger partial charge in [-0.1, -0.05) is 60.7 Å². The summed E-state index contributed by atoms with van der Waals surface area (Å²) in [6, 6.07) is 22.0. The Labute approximate surface area is 151 Å². The fourth-order valence-corrected chi connectivity index (χ4v) is 2.34. The highest BCUT2D eigenvalue weighted by Gasteiger charge is 2.16. The molecule has 3 aromatic rings. The van der Waals surface area contributed by atoms with Crippen LogP contribution < -0.4 is 10.6 Å². The molecule has 0 unspecified atom stereocenters. The Hall–Kier alpha value is -3.60. The lowest BCUT2D eigenvalue weighted by Gasteiger charge is -2.10. The summed E-state index contributed by atoms with van der Waals surface area (Å²) in [5.41, 5.74) is 1.92. The molecule has 0 aliphatic carbocycles. The first kappa shape index (κ1) is 17.2. The quantitative estimate of drug-likeness (QED) is 0.672. The molecule has 0 atom stereocenters. The Morgan fingerprint density at radius 3 is 2.23 bits per heavy atom. The third-order valence-electron chi connectivity index (χ3n) is 3.64. The van der Waals surface area contributed by atoms with Crippen molar-refractivity contribution >= 4 is 17.9 Å². The van der Waals surface area contributed by atoms with Crippen LogP contribution in [0.15, 0.2) is 89.2 Å². The molecule has 26 heavy (non-hydrogen) atoms. The van der Waals surface area contributed by atoms with Crippen LogP contribution in [0.2, 0.25) is 0 Å². The van der Waals surface area contributed by atoms with Crippen molar-refractivity contribution in [3.8, 4) is 0 Å². The van der Waals surface area contributed by atoms with Crippen LogP contribution in [0, 0.1) is 0 Å². The maximum atomic E-state index is 12.6. The zero-order valence-electron chi connectivity index (χ0n) is 14.0. The van der Waals surface area contributed by atoms with E-state index < -0.39 is 5.91 Å². The molecule has 0 bridgehead atoms. The van der Waals surface area contributed by atoms with E-state index in [9.17, 15) is 9.59 Å². The fourth-order valence-electron chi connectivity index (χ4n) is 2.34. The minimum absolute atomic E-state index is 0.139. The van der Waals surface area contributed by atoms with Crippen molar-refractivity contribution in [1.82, 2.24) is 10.6 Å². The topological polar surface area (TPSA) is 71.3 Å². The maximum absolute atomic E-state index is 12.6. The summed E-state index contributed by atoms with van der Waals surface area (Å²) >= 11 is 0. The van der Waals surface area contributed by atoms with Crippen molar-refractivity contribution in [2.75, 3.05) is 0 Å². The van der Waals surface area contributed by atoms with Crippen molar-refractivity contribution in [3.63, 3.8) is 0 Å². The van der Waals surface area contributed by atoms with Gasteiger partial charge in [-0.3, -0.25) is 9.59 Å². The van der Waals surface area contributed by atoms with Gasteiger partial charge in [0.05, 0.1) is 6.26 Å². The molecule has 130 valence electrons. The molecule has 2 amide bonds. The van der Waals surface area contributed by atoms with E-state index in [0.29, 0.717) is 6.54 Å². The Kier molecular flexibility index (Phi) is 5.62. The molecule has 0 spiro atoms. The smallest absolute Gasteiger partial charge is 0.291 e. The van der Waals surface area contributed by atoms with Gasteiger partial charge in [-0.2, -0.15) is 0 Å². The maximum Gasteiger partial charge on any atom is 0.291 e. The van der Waals surface area contributed by atoms with Crippen molar-refractivity contribution in [3.05, 3.63) is 102 Å². The second kappa shape index (κ2) is 8.48. The predicted molar refractivity (Wildman–Crippen MR) is 98.9 cm³/mol. The van der Waals surface area contributed by atoms with Crippen LogP contribution in [0.4, 0.5) is 0 Å². The number of nitrogens with one attached hydrogen (secondary N) is 2. The summed E-state index contributed by atoms with van der Waals surface area (Å²) in [7, 11) is 0. The third-order valence-corrected chi connectivity index (χ3v) is 3.64. The van der Waals surface area contributed by atoms with Gasteiger partial charge in [0.1, 0.15) is 5.70 Å². The molecule has 0 fully saturated rings. The molecule has 1 heterocycles. The fraction of sp³-hybridized carbons (Fsp3) is 0.0476. The van der Waals surface area contributed by atoms with Gasteiger partial charge in [-0.25, -0.2) is 0 Å². The van der Waals surface area contributed by atoms with Crippen molar-refractivity contribution in [2.24, 2.45) is 0 Å². The zero-order chi connectivity index (χ0) is 18.2. The number of furan rings is 1. The molecule has 5 heteroatoms. The zero-order valence-corrected chi connectivity index (χ0v) is 14.0. The number of carbonyl (C=O) groups is 2. The number of rotatable bonds is 6. The van der Waals surface area contributed by atoms with Gasteiger partial charge >= 0.3 is 0 Å². The highest BCUT2D eigenvalue weighted by Crippen LogP contribution is 2.08. The molecule has 3 rings (SSSR count). The number of hydrogen-bond donors (Lipinski definition) is 2. The molecule has 1 aromatic heterocycles. The second-order valence-corrected chi connectivity index (χ2v) is 5.57. The summed E-state index contributed by atoms with van der Waals surface area (Å²) in [4.78, 5) is 24.9. The molecule has 0 saturated carbocycles. The van der Waals surface area contributed by atoms with Crippen LogP contribution in [0.25, 0.3) is 6.08 Å². The van der Waals surface area contributed by atoms with Crippen molar-refractivity contribution < 1.29 is 14.0 Å². The summed E-state index contributed by atoms with van der Waals surface area (Å²) in [5.74, 6) is -0.718. The lowest BCUT2D eigenvalue weighted by atomic mass is 10.1. The molecule has 0 saturated heterocycles. The molecular formula is C21H18N2O3. The number of benzene rings is 2. The summed E-state index contributed by atoms with van der Waals surface area (Å²) in [6.07, 6.45) is 3.03. The summed E-state index contributed by atoms with van der Waals surface area (Å²) in [5, 5.41) is 5.44. The Morgan fingerprint density at radius 1 is 0.885 bits per heavy atom. The van der Waals surface area contributed by atoms with Gasteiger partial charge in [-0.05, 0) is 29.3 Å². The number of hydrogen-bond acceptors (Lipinski definition) is 3. The SMILES string of the molecule is O=C(NCc1ccccc1)/C(=C/c1ccccc1)NC(=O)c1ccco1. The highest BCUT2D eigenvalue weighted by molar-refractivity contribution is 6.04. The monoisotopic (exact) mass is 346 g/mol. The average molecular weight is 346 g/mol. The standard InChI is InChI=1S/C21H18N2O3/c24-20(22-15-17-10-5-2-6-11-17)18(14-16-8-3-1-4-9-16)23-21(25)19-12-7-13-26-19/h1-14H,15H2,(H,22,24)(H,23,25)/b18-14-. The van der Waals surface area contributed by atoms with Crippen LogP contribution in [-0.2, 0) is 11.3 Å². The lowest BCUT2D eigenvalue weighted by Crippen LogP contribution is -2.34. The first-order chi connectivity index (χ1) is 12.7. The molecule has 5 nitrogen and oxygen atoms in total. The largest absolute Gasteiger partial charge is 0.459 e. The van der Waals surface area contributed by atoms with Gasteiger partial charge in [0.15, 0.2) is 5.76 Å². The van der Waals surface area contributed by atoms with Gasteiger partial charge < -0.3 is 15.1 Å². The third kappa shape index (κ3) is 4.70. The summed E-state index contributed by atoms with van der Waals surface area (Å²) in [6.45, 7) is 0.364. The van der Waals surface area contributed by atoms with Crippen LogP contribution in [0.5, 0.6) is 0 Å². The first-order valence-electron chi connectivity index (χ1n) is 8.16. The van der Waals surface area contributed by atoms with E-state index in [1.54, 1.807) is 12.1 Å². The first-order valence-corrected chi connectivity index (χ1v) is 8.16. The Morgan fingerprint density at radius 2 is 1.58 bits per heavy atom. The normalized spacial score (nSPS) is 11.0. The van der Waals surface area contributed by atoms with E-state index in [1.807, 2.05) is 60.7 Å². The van der Waals surface area contributed by atoms with Gasteiger partial charge in [0.2, 0.25) is 0 Å². The predicted octanol–water partition coefficient (Wildman–Crippen LogP) is 3.37. The number of amides is 2. The Balaban J connectivity index is 1.76. The second-order valence-electron chi connectivity index (χ2n) is 5.57. The van der Waals surface area contributed by atoms with Gasteiger partial charge in [0, 0.05) is 6.54 Å². The van der Waals surface area contributed by atoms with Crippen LogP contribution in [-0.4, -0.2) is 11.8 Å². The molecule has 0 aliphatic rings. The molecule has 2 N–H and O–H groups in total. The van der Waals surface area contributed by atoms with Crippen LogP contribution >= 0.6 is 0 Å². The van der Waals surface area contributed by atoms with Gasteiger partial charge in [-0.15, -0.1) is 0 Å². The van der Waals surface area contributed by atoms with Crippen LogP contribution in [0.1, 0.15) is 21.7 Å². The van der Waals surface area contributed by atoms with E-state index in [4.69, 9.17) is 4.42 Å². The summed E-state index contributed by atoms with van der Waals surface area (Å²) < 4.78 is 5.08.